The molecule has 0 saturated heterocycles. The second-order valence-corrected chi connectivity index (χ2v) is 6.69. The Morgan fingerprint density at radius 1 is 1.13 bits per heavy atom. The maximum atomic E-state index is 6.70. The fourth-order valence-corrected chi connectivity index (χ4v) is 3.46. The van der Waals surface area contributed by atoms with Crippen LogP contribution in [-0.2, 0) is 6.42 Å². The van der Waals surface area contributed by atoms with Gasteiger partial charge in [-0.05, 0) is 24.8 Å². The number of hydrogen-bond donors (Lipinski definition) is 0. The molecule has 82 valence electrons. The van der Waals surface area contributed by atoms with Crippen LogP contribution < -0.4 is 5.19 Å². The Morgan fingerprint density at radius 3 is 2.47 bits per heavy atom. The Morgan fingerprint density at radius 2 is 1.80 bits per heavy atom. The Hall–Kier alpha value is -0.273. The molecule has 0 N–H and O–H groups in total. The van der Waals surface area contributed by atoms with Crippen LogP contribution in [0.25, 0.3) is 0 Å². The van der Waals surface area contributed by atoms with E-state index in [1.165, 1.54) is 42.9 Å². The van der Waals surface area contributed by atoms with E-state index in [1.807, 2.05) is 0 Å². The molecular weight excluding hydrogens is 220 g/mol. The van der Waals surface area contributed by atoms with E-state index < -0.39 is 0 Å². The van der Waals surface area contributed by atoms with Crippen molar-refractivity contribution in [3.63, 3.8) is 0 Å². The van der Waals surface area contributed by atoms with Crippen LogP contribution in [0.3, 0.4) is 0 Å². The standard InChI is InChI=1S/C13H19ClSi/c14-13(8-4-1-5-9-13)10-11-6-2-3-7-12(11)15/h2-3,6-7H,1,4-5,8-10H2,15H3. The van der Waals surface area contributed by atoms with E-state index in [2.05, 4.69) is 24.3 Å². The van der Waals surface area contributed by atoms with Crippen LogP contribution in [0.2, 0.25) is 0 Å². The number of hydrogen-bond acceptors (Lipinski definition) is 0. The lowest BCUT2D eigenvalue weighted by Crippen LogP contribution is -2.30. The van der Waals surface area contributed by atoms with E-state index in [0.29, 0.717) is 0 Å². The van der Waals surface area contributed by atoms with E-state index >= 15 is 0 Å². The lowest BCUT2D eigenvalue weighted by Gasteiger charge is -2.31. The molecule has 1 aliphatic carbocycles. The highest BCUT2D eigenvalue weighted by Gasteiger charge is 2.29. The van der Waals surface area contributed by atoms with Gasteiger partial charge in [-0.15, -0.1) is 11.6 Å². The highest BCUT2D eigenvalue weighted by Crippen LogP contribution is 2.36. The molecule has 0 spiro atoms. The Kier molecular flexibility index (Phi) is 3.52. The van der Waals surface area contributed by atoms with Crippen LogP contribution in [0, 0.1) is 0 Å². The lowest BCUT2D eigenvalue weighted by atomic mass is 9.84. The SMILES string of the molecule is [SiH3]c1ccccc1CC1(Cl)CCCCC1. The van der Waals surface area contributed by atoms with Crippen molar-refractivity contribution in [3.8, 4) is 0 Å². The van der Waals surface area contributed by atoms with E-state index in [4.69, 9.17) is 11.6 Å². The summed E-state index contributed by atoms with van der Waals surface area (Å²) in [5.74, 6) is 0. The van der Waals surface area contributed by atoms with Gasteiger partial charge in [-0.1, -0.05) is 48.7 Å². The van der Waals surface area contributed by atoms with Gasteiger partial charge in [-0.25, -0.2) is 0 Å². The predicted octanol–water partition coefficient (Wildman–Crippen LogP) is 2.16. The molecule has 0 nitrogen and oxygen atoms in total. The highest BCUT2D eigenvalue weighted by molar-refractivity contribution is 6.33. The van der Waals surface area contributed by atoms with Gasteiger partial charge in [0, 0.05) is 15.1 Å². The van der Waals surface area contributed by atoms with E-state index in [0.717, 1.165) is 16.7 Å². The zero-order valence-corrected chi connectivity index (χ0v) is 12.2. The Balaban J connectivity index is 2.10. The van der Waals surface area contributed by atoms with Crippen molar-refractivity contribution >= 4 is 27.0 Å². The summed E-state index contributed by atoms with van der Waals surface area (Å²) in [7, 11) is 1.13. The van der Waals surface area contributed by atoms with Crippen LogP contribution in [0.5, 0.6) is 0 Å². The quantitative estimate of drug-likeness (QED) is 0.547. The molecule has 0 bridgehead atoms. The summed E-state index contributed by atoms with van der Waals surface area (Å²) in [6, 6.07) is 8.76. The molecule has 1 aliphatic rings. The summed E-state index contributed by atoms with van der Waals surface area (Å²) in [6.45, 7) is 0. The molecule has 0 amide bonds. The molecule has 0 radical (unpaired) electrons. The van der Waals surface area contributed by atoms with Gasteiger partial charge in [0.2, 0.25) is 0 Å². The van der Waals surface area contributed by atoms with Crippen molar-refractivity contribution in [2.24, 2.45) is 0 Å². The average Bonchev–Trinajstić information content (AvgIpc) is 2.22. The van der Waals surface area contributed by atoms with Crippen molar-refractivity contribution in [2.45, 2.75) is 43.4 Å². The summed E-state index contributed by atoms with van der Waals surface area (Å²) < 4.78 is 0. The number of alkyl halides is 1. The normalized spacial score (nSPS) is 20.3. The van der Waals surface area contributed by atoms with Crippen LogP contribution in [0.4, 0.5) is 0 Å². The average molecular weight is 239 g/mol. The molecule has 1 aromatic carbocycles. The van der Waals surface area contributed by atoms with Gasteiger partial charge >= 0.3 is 0 Å². The first kappa shape index (κ1) is 11.2. The van der Waals surface area contributed by atoms with Crippen molar-refractivity contribution < 1.29 is 0 Å². The molecule has 2 heteroatoms. The van der Waals surface area contributed by atoms with E-state index in [1.54, 1.807) is 0 Å². The zero-order chi connectivity index (χ0) is 10.7. The summed E-state index contributed by atoms with van der Waals surface area (Å²) in [5, 5.41) is 1.52. The van der Waals surface area contributed by atoms with Gasteiger partial charge in [-0.3, -0.25) is 0 Å². The fourth-order valence-electron chi connectivity index (χ4n) is 2.51. The first-order chi connectivity index (χ1) is 7.20. The van der Waals surface area contributed by atoms with Crippen molar-refractivity contribution in [2.75, 3.05) is 0 Å². The maximum Gasteiger partial charge on any atom is 0.0487 e. The monoisotopic (exact) mass is 238 g/mol. The van der Waals surface area contributed by atoms with Crippen molar-refractivity contribution in [3.05, 3.63) is 29.8 Å². The third kappa shape index (κ3) is 2.85. The van der Waals surface area contributed by atoms with Crippen LogP contribution in [0.15, 0.2) is 24.3 Å². The molecule has 0 heterocycles. The molecule has 15 heavy (non-hydrogen) atoms. The number of halogens is 1. The summed E-state index contributed by atoms with van der Waals surface area (Å²) in [4.78, 5) is 0.0682. The third-order valence-electron chi connectivity index (χ3n) is 3.52. The molecule has 0 atom stereocenters. The largest absolute Gasteiger partial charge is 0.119 e. The molecular formula is C13H19ClSi. The minimum absolute atomic E-state index is 0.0682. The molecule has 1 saturated carbocycles. The second-order valence-electron chi connectivity index (χ2n) is 4.81. The maximum absolute atomic E-state index is 6.70. The van der Waals surface area contributed by atoms with Gasteiger partial charge in [0.1, 0.15) is 0 Å². The Bertz CT molecular complexity index is 329. The van der Waals surface area contributed by atoms with Crippen LogP contribution in [-0.4, -0.2) is 15.1 Å². The third-order valence-corrected chi connectivity index (χ3v) is 5.01. The van der Waals surface area contributed by atoms with Gasteiger partial charge in [0.25, 0.3) is 0 Å². The highest BCUT2D eigenvalue weighted by atomic mass is 35.5. The summed E-state index contributed by atoms with van der Waals surface area (Å²) >= 11 is 6.70. The lowest BCUT2D eigenvalue weighted by molar-refractivity contribution is 0.387. The molecule has 0 unspecified atom stereocenters. The zero-order valence-electron chi connectivity index (χ0n) is 9.43. The summed E-state index contributed by atoms with van der Waals surface area (Å²) in [5.41, 5.74) is 1.49. The minimum atomic E-state index is 0.0682. The van der Waals surface area contributed by atoms with Crippen LogP contribution >= 0.6 is 11.6 Å². The molecule has 1 fully saturated rings. The van der Waals surface area contributed by atoms with E-state index in [-0.39, 0.29) is 4.87 Å². The second kappa shape index (κ2) is 4.71. The minimum Gasteiger partial charge on any atom is -0.119 e. The van der Waals surface area contributed by atoms with Gasteiger partial charge < -0.3 is 0 Å². The number of rotatable bonds is 2. The molecule has 0 aliphatic heterocycles. The molecule has 2 rings (SSSR count). The van der Waals surface area contributed by atoms with Gasteiger partial charge in [0.15, 0.2) is 0 Å². The summed E-state index contributed by atoms with van der Waals surface area (Å²) in [6.07, 6.45) is 7.47. The smallest absolute Gasteiger partial charge is 0.0487 e. The molecule has 0 aromatic heterocycles. The van der Waals surface area contributed by atoms with Crippen molar-refractivity contribution in [1.82, 2.24) is 0 Å². The first-order valence-electron chi connectivity index (χ1n) is 5.93. The first-order valence-corrected chi connectivity index (χ1v) is 7.31. The Labute approximate surface area is 100 Å². The number of benzene rings is 1. The molecule has 1 aromatic rings. The topological polar surface area (TPSA) is 0 Å². The van der Waals surface area contributed by atoms with Crippen LogP contribution in [0.1, 0.15) is 37.7 Å². The van der Waals surface area contributed by atoms with Gasteiger partial charge in [-0.2, -0.15) is 0 Å². The fraction of sp³-hybridized carbons (Fsp3) is 0.538. The van der Waals surface area contributed by atoms with E-state index in [9.17, 15) is 0 Å². The van der Waals surface area contributed by atoms with Gasteiger partial charge in [0.05, 0.1) is 0 Å². The van der Waals surface area contributed by atoms with Crippen molar-refractivity contribution in [1.29, 1.82) is 0 Å². The predicted molar refractivity (Wildman–Crippen MR) is 71.4 cm³/mol.